The molecule has 302 valence electrons. The molecule has 0 saturated carbocycles. The van der Waals surface area contributed by atoms with Gasteiger partial charge in [0.25, 0.3) is 17.9 Å². The number of rotatable bonds is 15. The fourth-order valence-corrected chi connectivity index (χ4v) is 5.52. The Kier molecular flexibility index (Phi) is 13.8. The highest BCUT2D eigenvalue weighted by atomic mass is 32.3. The predicted molar refractivity (Wildman–Crippen MR) is 173 cm³/mol. The van der Waals surface area contributed by atoms with E-state index in [0.717, 1.165) is 23.5 Å². The van der Waals surface area contributed by atoms with Gasteiger partial charge < -0.3 is 41.1 Å². The van der Waals surface area contributed by atoms with Crippen LogP contribution < -0.4 is 26.2 Å². The Hall–Kier alpha value is -5.51. The number of aryl methyl sites for hydroxylation is 2. The number of nitrogens with one attached hydrogen (secondary N) is 1. The molecule has 0 bridgehead atoms. The molecule has 1 saturated heterocycles. The molecule has 3 heterocycles. The molecule has 0 aliphatic carbocycles. The van der Waals surface area contributed by atoms with Crippen molar-refractivity contribution in [2.45, 2.75) is 50.7 Å². The number of carboxylic acids is 2. The maximum absolute atomic E-state index is 15.1. The zero-order valence-electron chi connectivity index (χ0n) is 28.4. The van der Waals surface area contributed by atoms with Gasteiger partial charge in [-0.05, 0) is 26.8 Å². The molecule has 7 N–H and O–H groups in total. The molecule has 4 rings (SSSR count). The minimum Gasteiger partial charge on any atom is -0.724 e. The van der Waals surface area contributed by atoms with Crippen molar-refractivity contribution in [2.24, 2.45) is 17.9 Å². The number of nitrogen functional groups attached to an aromatic ring is 1. The quantitative estimate of drug-likeness (QED) is 0.0257. The molecule has 2 amide bonds. The van der Waals surface area contributed by atoms with Crippen molar-refractivity contribution in [2.75, 3.05) is 18.9 Å². The number of amides is 2. The molecule has 20 nitrogen and oxygen atoms in total. The van der Waals surface area contributed by atoms with E-state index in [-0.39, 0.29) is 32.8 Å². The monoisotopic (exact) mass is 830 g/mol. The van der Waals surface area contributed by atoms with E-state index in [9.17, 15) is 45.6 Å². The fourth-order valence-electron chi connectivity index (χ4n) is 4.53. The Morgan fingerprint density at radius 1 is 1.22 bits per heavy atom. The number of benzene rings is 1. The summed E-state index contributed by atoms with van der Waals surface area (Å²) >= 11 is 0.885. The lowest BCUT2D eigenvalue weighted by Gasteiger charge is -2.51. The summed E-state index contributed by atoms with van der Waals surface area (Å²) in [5, 5.41) is 24.2. The third kappa shape index (κ3) is 11.3. The molecule has 0 radical (unpaired) electrons. The van der Waals surface area contributed by atoms with Gasteiger partial charge in [0.05, 0.1) is 29.4 Å². The van der Waals surface area contributed by atoms with Crippen molar-refractivity contribution in [1.29, 1.82) is 0 Å². The van der Waals surface area contributed by atoms with Crippen LogP contribution in [0.5, 0.6) is 5.75 Å². The first kappa shape index (κ1) is 43.9. The molecule has 55 heavy (non-hydrogen) atoms. The highest BCUT2D eigenvalue weighted by Gasteiger charge is 2.57. The number of ether oxygens (including phenoxy) is 1. The molecule has 1 aromatic carbocycles. The number of nitrogens with zero attached hydrogens (tertiary/aromatic N) is 5. The van der Waals surface area contributed by atoms with Gasteiger partial charge in [-0.15, -0.1) is 16.0 Å². The van der Waals surface area contributed by atoms with Gasteiger partial charge in [0.15, 0.2) is 17.9 Å². The number of anilines is 1. The molecule has 2 aromatic heterocycles. The molecular weight excluding hydrogens is 799 g/mol. The van der Waals surface area contributed by atoms with Crippen LogP contribution in [-0.4, -0.2) is 104 Å². The Labute approximate surface area is 310 Å². The van der Waals surface area contributed by atoms with Crippen LogP contribution in [0.15, 0.2) is 35.1 Å². The van der Waals surface area contributed by atoms with Crippen LogP contribution in [0.2, 0.25) is 0 Å². The van der Waals surface area contributed by atoms with Gasteiger partial charge in [0.1, 0.15) is 35.7 Å². The van der Waals surface area contributed by atoms with Crippen LogP contribution in [0.25, 0.3) is 11.1 Å². The number of oxime groups is 1. The summed E-state index contributed by atoms with van der Waals surface area (Å²) in [5.74, 6) is -8.97. The summed E-state index contributed by atoms with van der Waals surface area (Å²) in [6.45, 7) is 2.69. The average Bonchev–Trinajstić information content (AvgIpc) is 3.66. The zero-order chi connectivity index (χ0) is 41.6. The number of hydroxylamine groups is 2. The van der Waals surface area contributed by atoms with Gasteiger partial charge in [-0.1, -0.05) is 5.16 Å². The van der Waals surface area contributed by atoms with Crippen molar-refractivity contribution in [3.8, 4) is 16.9 Å². The largest absolute Gasteiger partial charge is 0.724 e. The summed E-state index contributed by atoms with van der Waals surface area (Å²) in [4.78, 5) is 55.4. The molecule has 1 aliphatic heterocycles. The average molecular weight is 831 g/mol. The van der Waals surface area contributed by atoms with Gasteiger partial charge in [-0.3, -0.25) is 9.59 Å². The smallest absolute Gasteiger partial charge is 0.490 e. The SMILES string of the molecule is C[n+]1cc(-c2c(F)cc(OC[C@H](O/N=C(\C(=O)N[C@@H]3C(=O)N(OS(=O)(=O)[O-])C3(C)C)c3csc(N)n3)C(=O)O)cc2F)cn1CCCN.O=C(O)C(F)(F)F. The maximum Gasteiger partial charge on any atom is 0.490 e. The second kappa shape index (κ2) is 17.3. The number of carbonyl (C=O) groups is 4. The lowest BCUT2D eigenvalue weighted by molar-refractivity contribution is -0.753. The second-order valence-electron chi connectivity index (χ2n) is 11.6. The summed E-state index contributed by atoms with van der Waals surface area (Å²) < 4.78 is 108. The molecule has 2 atom stereocenters. The number of β-lactam (4-membered cyclic amide) rings is 1. The van der Waals surface area contributed by atoms with E-state index in [2.05, 4.69) is 19.7 Å². The number of thiazole rings is 1. The van der Waals surface area contributed by atoms with Crippen molar-refractivity contribution in [3.63, 3.8) is 0 Å². The van der Waals surface area contributed by atoms with Gasteiger partial charge in [0.2, 0.25) is 16.6 Å². The number of aliphatic carboxylic acids is 2. The number of nitrogens with two attached hydrogens (primary N) is 2. The minimum atomic E-state index is -5.31. The predicted octanol–water partition coefficient (Wildman–Crippen LogP) is 0.0289. The number of hydrogen-bond acceptors (Lipinski definition) is 15. The van der Waals surface area contributed by atoms with Crippen LogP contribution in [0.1, 0.15) is 26.0 Å². The Morgan fingerprint density at radius 2 is 1.82 bits per heavy atom. The highest BCUT2D eigenvalue weighted by Crippen LogP contribution is 2.33. The first-order chi connectivity index (χ1) is 25.4. The lowest BCUT2D eigenvalue weighted by atomic mass is 9.84. The van der Waals surface area contributed by atoms with E-state index in [4.69, 9.17) is 30.9 Å². The van der Waals surface area contributed by atoms with E-state index in [1.165, 1.54) is 25.4 Å². The first-order valence-corrected chi connectivity index (χ1v) is 17.3. The van der Waals surface area contributed by atoms with Crippen molar-refractivity contribution in [3.05, 3.63) is 47.2 Å². The van der Waals surface area contributed by atoms with Gasteiger partial charge in [0, 0.05) is 17.5 Å². The van der Waals surface area contributed by atoms with Crippen molar-refractivity contribution >= 4 is 56.3 Å². The number of hydrogen-bond donors (Lipinski definition) is 5. The van der Waals surface area contributed by atoms with Crippen molar-refractivity contribution < 1.29 is 82.9 Å². The standard InChI is InChI=1S/C26H30F2N8O10S2.C2HF3O2/c1-26(2)21(23(38)36(26)46-48(41,42)43)32-22(37)20(17-12-47-25(30)31-17)33-45-18(24(39)40)11-44-14-7-15(27)19(16(28)8-14)13-9-34(3)35(10-13)6-4-5-29;3-2(4,5)1(6)7/h7-10,12,18,21H,4-6,11,29H2,1-3H3,(H4-,30,31,32,37,39,40,41,42,43);(H,6,7)/b33-20-;/t18-,21+;/m0./s1. The first-order valence-electron chi connectivity index (χ1n) is 15.0. The number of carboxylic acid groups (broad SMARTS) is 2. The summed E-state index contributed by atoms with van der Waals surface area (Å²) in [6.07, 6.45) is -3.29. The number of alkyl halides is 3. The molecule has 3 aromatic rings. The van der Waals surface area contributed by atoms with Crippen LogP contribution in [0, 0.1) is 11.6 Å². The normalized spacial score (nSPS) is 16.0. The van der Waals surface area contributed by atoms with Gasteiger partial charge in [-0.2, -0.15) is 27.2 Å². The number of halogens is 5. The Bertz CT molecular complexity index is 2050. The van der Waals surface area contributed by atoms with E-state index in [0.29, 0.717) is 19.5 Å². The summed E-state index contributed by atoms with van der Waals surface area (Å²) in [7, 11) is -3.61. The minimum absolute atomic E-state index is 0.0164. The molecule has 27 heteroatoms. The Morgan fingerprint density at radius 3 is 2.29 bits per heavy atom. The van der Waals surface area contributed by atoms with E-state index < -0.39 is 82.0 Å². The third-order valence-electron chi connectivity index (χ3n) is 7.20. The van der Waals surface area contributed by atoms with Gasteiger partial charge in [-0.25, -0.2) is 31.8 Å². The van der Waals surface area contributed by atoms with E-state index in [1.807, 2.05) is 0 Å². The van der Waals surface area contributed by atoms with E-state index in [1.54, 1.807) is 22.6 Å². The molecule has 0 spiro atoms. The highest BCUT2D eigenvalue weighted by molar-refractivity contribution is 7.80. The molecule has 0 unspecified atom stereocenters. The second-order valence-corrected chi connectivity index (χ2v) is 13.4. The topological polar surface area (TPSA) is 295 Å². The molecular formula is C28H31F5N8O12S2. The lowest BCUT2D eigenvalue weighted by Crippen LogP contribution is -2.76. The van der Waals surface area contributed by atoms with Crippen LogP contribution in [0.4, 0.5) is 27.1 Å². The molecule has 1 aliphatic rings. The van der Waals surface area contributed by atoms with Crippen molar-refractivity contribution in [1.82, 2.24) is 20.0 Å². The van der Waals surface area contributed by atoms with Crippen LogP contribution >= 0.6 is 11.3 Å². The van der Waals surface area contributed by atoms with Crippen LogP contribution in [-0.2, 0) is 52.3 Å². The summed E-state index contributed by atoms with van der Waals surface area (Å²) in [6, 6.07) is 0.292. The number of aromatic nitrogens is 3. The zero-order valence-corrected chi connectivity index (χ0v) is 30.1. The number of carbonyl (C=O) groups excluding carboxylic acids is 2. The van der Waals surface area contributed by atoms with E-state index >= 15 is 8.78 Å². The third-order valence-corrected chi connectivity index (χ3v) is 8.21. The van der Waals surface area contributed by atoms with Gasteiger partial charge >= 0.3 is 18.1 Å². The fraction of sp³-hybridized carbons (Fsp3) is 0.393. The van der Waals surface area contributed by atoms with Crippen LogP contribution in [0.3, 0.4) is 0 Å². The Balaban J connectivity index is 0.00000106. The summed E-state index contributed by atoms with van der Waals surface area (Å²) in [5.41, 5.74) is 8.72. The maximum atomic E-state index is 15.1. The molecule has 1 fully saturated rings.